The molecule has 0 saturated carbocycles. The van der Waals surface area contributed by atoms with Crippen LogP contribution in [0, 0.1) is 0 Å². The van der Waals surface area contributed by atoms with Crippen LogP contribution in [-0.2, 0) is 0 Å². The monoisotopic (exact) mass is 284 g/mol. The molecule has 20 heavy (non-hydrogen) atoms. The largest absolute Gasteiger partial charge is 0.497 e. The maximum absolute atomic E-state index is 5.89. The van der Waals surface area contributed by atoms with E-state index in [1.54, 1.807) is 7.11 Å². The Balaban J connectivity index is 1.91. The maximum Gasteiger partial charge on any atom is 0.138 e. The van der Waals surface area contributed by atoms with Gasteiger partial charge in [-0.2, -0.15) is 0 Å². The van der Waals surface area contributed by atoms with Crippen molar-refractivity contribution in [3.8, 4) is 28.4 Å². The second-order valence-electron chi connectivity index (χ2n) is 4.37. The third-order valence-corrected chi connectivity index (χ3v) is 3.33. The minimum atomic E-state index is 0.722. The first-order valence-corrected chi connectivity index (χ1v) is 6.60. The van der Waals surface area contributed by atoms with Gasteiger partial charge in [-0.05, 0) is 36.4 Å². The topological polar surface area (TPSA) is 37.9 Å². The number of ether oxygens (including phenoxy) is 1. The molecule has 0 spiro atoms. The summed E-state index contributed by atoms with van der Waals surface area (Å²) in [6.07, 6.45) is 1.89. The van der Waals surface area contributed by atoms with Crippen LogP contribution in [0.15, 0.2) is 54.7 Å². The van der Waals surface area contributed by atoms with Crippen molar-refractivity contribution in [1.29, 1.82) is 0 Å². The Bertz CT molecular complexity index is 702. The molecule has 0 unspecified atom stereocenters. The SMILES string of the molecule is COc1ccc(-c2nc(-c3ccc(Cl)cc3)c[nH]2)cc1. The van der Waals surface area contributed by atoms with Crippen molar-refractivity contribution in [1.82, 2.24) is 9.97 Å². The lowest BCUT2D eigenvalue weighted by Crippen LogP contribution is -1.84. The predicted molar refractivity (Wildman–Crippen MR) is 81.0 cm³/mol. The second kappa shape index (κ2) is 5.39. The molecule has 0 amide bonds. The number of rotatable bonds is 3. The van der Waals surface area contributed by atoms with E-state index in [4.69, 9.17) is 16.3 Å². The smallest absolute Gasteiger partial charge is 0.138 e. The van der Waals surface area contributed by atoms with Crippen LogP contribution in [0.3, 0.4) is 0 Å². The second-order valence-corrected chi connectivity index (χ2v) is 4.81. The van der Waals surface area contributed by atoms with E-state index in [0.717, 1.165) is 33.4 Å². The van der Waals surface area contributed by atoms with Gasteiger partial charge in [-0.15, -0.1) is 0 Å². The molecule has 3 rings (SSSR count). The molecule has 1 heterocycles. The van der Waals surface area contributed by atoms with Crippen molar-refractivity contribution in [2.45, 2.75) is 0 Å². The molecule has 0 radical (unpaired) electrons. The molecule has 0 fully saturated rings. The Morgan fingerprint density at radius 3 is 2.25 bits per heavy atom. The number of halogens is 1. The van der Waals surface area contributed by atoms with Crippen molar-refractivity contribution in [2.75, 3.05) is 7.11 Å². The Labute approximate surface area is 122 Å². The number of imidazole rings is 1. The van der Waals surface area contributed by atoms with Crippen molar-refractivity contribution < 1.29 is 4.74 Å². The van der Waals surface area contributed by atoms with Crippen molar-refractivity contribution in [2.24, 2.45) is 0 Å². The summed E-state index contributed by atoms with van der Waals surface area (Å²) in [5, 5.41) is 0.722. The zero-order valence-electron chi connectivity index (χ0n) is 10.9. The van der Waals surface area contributed by atoms with Crippen molar-refractivity contribution in [3.63, 3.8) is 0 Å². The number of nitrogens with one attached hydrogen (secondary N) is 1. The van der Waals surface area contributed by atoms with Crippen LogP contribution in [0.2, 0.25) is 5.02 Å². The van der Waals surface area contributed by atoms with Crippen molar-refractivity contribution >= 4 is 11.6 Å². The lowest BCUT2D eigenvalue weighted by Gasteiger charge is -2.00. The molecule has 0 aliphatic rings. The normalized spacial score (nSPS) is 10.5. The van der Waals surface area contributed by atoms with E-state index in [0.29, 0.717) is 0 Å². The summed E-state index contributed by atoms with van der Waals surface area (Å²) in [5.74, 6) is 1.66. The molecule has 0 aliphatic carbocycles. The van der Waals surface area contributed by atoms with Crippen LogP contribution in [0.4, 0.5) is 0 Å². The fourth-order valence-corrected chi connectivity index (χ4v) is 2.11. The Morgan fingerprint density at radius 2 is 1.60 bits per heavy atom. The fraction of sp³-hybridized carbons (Fsp3) is 0.0625. The lowest BCUT2D eigenvalue weighted by atomic mass is 10.2. The van der Waals surface area contributed by atoms with E-state index < -0.39 is 0 Å². The number of aromatic amines is 1. The van der Waals surface area contributed by atoms with Crippen LogP contribution < -0.4 is 4.74 Å². The van der Waals surface area contributed by atoms with Gasteiger partial charge < -0.3 is 9.72 Å². The molecule has 3 aromatic rings. The van der Waals surface area contributed by atoms with Crippen LogP contribution >= 0.6 is 11.6 Å². The van der Waals surface area contributed by atoms with Gasteiger partial charge in [-0.1, -0.05) is 23.7 Å². The Morgan fingerprint density at radius 1 is 0.950 bits per heavy atom. The first-order chi connectivity index (χ1) is 9.76. The first-order valence-electron chi connectivity index (χ1n) is 6.22. The van der Waals surface area contributed by atoms with Gasteiger partial charge >= 0.3 is 0 Å². The average molecular weight is 285 g/mol. The van der Waals surface area contributed by atoms with Gasteiger partial charge in [0.05, 0.1) is 12.8 Å². The number of H-pyrrole nitrogens is 1. The summed E-state index contributed by atoms with van der Waals surface area (Å²) in [5.41, 5.74) is 2.95. The number of hydrogen-bond donors (Lipinski definition) is 1. The number of hydrogen-bond acceptors (Lipinski definition) is 2. The summed E-state index contributed by atoms with van der Waals surface area (Å²) in [4.78, 5) is 7.78. The van der Waals surface area contributed by atoms with Gasteiger partial charge in [0.15, 0.2) is 0 Å². The summed E-state index contributed by atoms with van der Waals surface area (Å²) in [6, 6.07) is 15.4. The van der Waals surface area contributed by atoms with Gasteiger partial charge in [0, 0.05) is 22.3 Å². The van der Waals surface area contributed by atoms with Gasteiger partial charge in [-0.25, -0.2) is 4.98 Å². The number of nitrogens with zero attached hydrogens (tertiary/aromatic N) is 1. The number of benzene rings is 2. The maximum atomic E-state index is 5.89. The zero-order chi connectivity index (χ0) is 13.9. The number of aromatic nitrogens is 2. The van der Waals surface area contributed by atoms with Crippen LogP contribution in [0.25, 0.3) is 22.6 Å². The van der Waals surface area contributed by atoms with E-state index in [1.807, 2.05) is 54.7 Å². The van der Waals surface area contributed by atoms with E-state index in [-0.39, 0.29) is 0 Å². The summed E-state index contributed by atoms with van der Waals surface area (Å²) < 4.78 is 5.15. The van der Waals surface area contributed by atoms with Crippen molar-refractivity contribution in [3.05, 3.63) is 59.8 Å². The standard InChI is InChI=1S/C16H13ClN2O/c1-20-14-8-4-12(5-9-14)16-18-10-15(19-16)11-2-6-13(17)7-3-11/h2-10H,1H3,(H,18,19). The lowest BCUT2D eigenvalue weighted by molar-refractivity contribution is 0.415. The van der Waals surface area contributed by atoms with E-state index in [2.05, 4.69) is 9.97 Å². The molecule has 2 aromatic carbocycles. The molecule has 100 valence electrons. The van der Waals surface area contributed by atoms with Crippen LogP contribution in [-0.4, -0.2) is 17.1 Å². The van der Waals surface area contributed by atoms with E-state index >= 15 is 0 Å². The number of methoxy groups -OCH3 is 1. The average Bonchev–Trinajstić information content (AvgIpc) is 2.98. The minimum Gasteiger partial charge on any atom is -0.497 e. The quantitative estimate of drug-likeness (QED) is 0.774. The highest BCUT2D eigenvalue weighted by Crippen LogP contribution is 2.24. The molecule has 0 aliphatic heterocycles. The van der Waals surface area contributed by atoms with E-state index in [9.17, 15) is 0 Å². The molecule has 1 aromatic heterocycles. The molecule has 4 heteroatoms. The zero-order valence-corrected chi connectivity index (χ0v) is 11.7. The minimum absolute atomic E-state index is 0.722. The van der Waals surface area contributed by atoms with Crippen LogP contribution in [0.5, 0.6) is 5.75 Å². The first kappa shape index (κ1) is 12.8. The highest BCUT2D eigenvalue weighted by molar-refractivity contribution is 6.30. The third-order valence-electron chi connectivity index (χ3n) is 3.08. The molecule has 0 saturated heterocycles. The Hall–Kier alpha value is -2.26. The summed E-state index contributed by atoms with van der Waals surface area (Å²) in [7, 11) is 1.65. The highest BCUT2D eigenvalue weighted by Gasteiger charge is 2.06. The van der Waals surface area contributed by atoms with Gasteiger partial charge in [0.1, 0.15) is 11.6 Å². The molecule has 0 bridgehead atoms. The third kappa shape index (κ3) is 2.53. The summed E-state index contributed by atoms with van der Waals surface area (Å²) >= 11 is 5.89. The Kier molecular flexibility index (Phi) is 3.44. The molecule has 0 atom stereocenters. The summed E-state index contributed by atoms with van der Waals surface area (Å²) in [6.45, 7) is 0. The van der Waals surface area contributed by atoms with Gasteiger partial charge in [-0.3, -0.25) is 0 Å². The molecular weight excluding hydrogens is 272 g/mol. The van der Waals surface area contributed by atoms with Gasteiger partial charge in [0.2, 0.25) is 0 Å². The van der Waals surface area contributed by atoms with Crippen LogP contribution in [0.1, 0.15) is 0 Å². The molecular formula is C16H13ClN2O. The van der Waals surface area contributed by atoms with Gasteiger partial charge in [0.25, 0.3) is 0 Å². The molecule has 3 nitrogen and oxygen atoms in total. The predicted octanol–water partition coefficient (Wildman–Crippen LogP) is 4.41. The molecule has 1 N–H and O–H groups in total. The van der Waals surface area contributed by atoms with E-state index in [1.165, 1.54) is 0 Å². The fourth-order valence-electron chi connectivity index (χ4n) is 1.99. The highest BCUT2D eigenvalue weighted by atomic mass is 35.5.